The first-order valence-corrected chi connectivity index (χ1v) is 9.58. The third kappa shape index (κ3) is 3.81. The van der Waals surface area contributed by atoms with E-state index in [1.807, 2.05) is 32.6 Å². The number of nitrogens with one attached hydrogen (secondary N) is 2. The second kappa shape index (κ2) is 7.50. The molecule has 2 amide bonds. The smallest absolute Gasteiger partial charge is 0.407 e. The van der Waals surface area contributed by atoms with Crippen LogP contribution in [0.5, 0.6) is 0 Å². The minimum atomic E-state index is -0.659. The molecule has 3 rings (SSSR count). The number of aromatic amines is 1. The van der Waals surface area contributed by atoms with Gasteiger partial charge in [0.05, 0.1) is 31.0 Å². The molecule has 8 nitrogen and oxygen atoms in total. The highest BCUT2D eigenvalue weighted by Gasteiger charge is 2.51. The Morgan fingerprint density at radius 2 is 2.15 bits per heavy atom. The van der Waals surface area contributed by atoms with E-state index in [1.165, 1.54) is 7.11 Å². The molecular formula is C19H30N4O4. The Hall–Kier alpha value is -2.09. The number of ether oxygens (including phenoxy) is 2. The molecule has 1 aromatic heterocycles. The summed E-state index contributed by atoms with van der Waals surface area (Å²) in [6.45, 7) is 8.98. The van der Waals surface area contributed by atoms with Crippen molar-refractivity contribution in [3.8, 4) is 0 Å². The number of aryl methyl sites for hydroxylation is 2. The van der Waals surface area contributed by atoms with E-state index in [1.54, 1.807) is 0 Å². The highest BCUT2D eigenvalue weighted by atomic mass is 16.5. The molecule has 2 aliphatic rings. The van der Waals surface area contributed by atoms with Crippen molar-refractivity contribution in [1.82, 2.24) is 20.2 Å². The van der Waals surface area contributed by atoms with Crippen molar-refractivity contribution in [1.29, 1.82) is 0 Å². The predicted octanol–water partition coefficient (Wildman–Crippen LogP) is 2.23. The zero-order valence-corrected chi connectivity index (χ0v) is 16.8. The summed E-state index contributed by atoms with van der Waals surface area (Å²) in [6.07, 6.45) is 2.05. The van der Waals surface area contributed by atoms with E-state index >= 15 is 0 Å². The number of hydrogen-bond donors (Lipinski definition) is 2. The number of rotatable bonds is 4. The number of aromatic nitrogens is 2. The molecule has 3 heterocycles. The first-order valence-electron chi connectivity index (χ1n) is 9.58. The molecule has 2 N–H and O–H groups in total. The summed E-state index contributed by atoms with van der Waals surface area (Å²) in [4.78, 5) is 35.0. The van der Waals surface area contributed by atoms with Gasteiger partial charge >= 0.3 is 6.09 Å². The fourth-order valence-electron chi connectivity index (χ4n) is 4.08. The van der Waals surface area contributed by atoms with E-state index in [-0.39, 0.29) is 23.5 Å². The van der Waals surface area contributed by atoms with E-state index in [2.05, 4.69) is 15.3 Å². The standard InChI is InChI=1S/C19H30N4O4/c1-11(2)15(22-18(25)26-5)17(24)23-10-19(7-6-8-27-19)9-14(23)16-20-12(3)13(4)21-16/h11,14-15H,6-10H2,1-5H3,(H,20,21)(H,22,25)/t14-,15-,19-/m0/s1. The van der Waals surface area contributed by atoms with Gasteiger partial charge in [0.1, 0.15) is 11.9 Å². The second-order valence-electron chi connectivity index (χ2n) is 8.01. The first-order chi connectivity index (χ1) is 12.8. The van der Waals surface area contributed by atoms with Gasteiger partial charge in [0, 0.05) is 18.7 Å². The minimum absolute atomic E-state index is 0.0710. The fourth-order valence-corrected chi connectivity index (χ4v) is 4.08. The SMILES string of the molecule is COC(=O)N[C@H](C(=O)N1C[C@]2(CCCO2)C[C@H]1c1nc(C)c(C)[nH]1)C(C)C. The van der Waals surface area contributed by atoms with Crippen LogP contribution < -0.4 is 5.32 Å². The molecule has 3 atom stereocenters. The van der Waals surface area contributed by atoms with Crippen molar-refractivity contribution < 1.29 is 19.1 Å². The molecular weight excluding hydrogens is 348 g/mol. The Morgan fingerprint density at radius 1 is 1.41 bits per heavy atom. The molecule has 2 fully saturated rings. The largest absolute Gasteiger partial charge is 0.453 e. The molecule has 0 bridgehead atoms. The van der Waals surface area contributed by atoms with Gasteiger partial charge in [-0.1, -0.05) is 13.8 Å². The average Bonchev–Trinajstić information content (AvgIpc) is 3.32. The van der Waals surface area contributed by atoms with Crippen LogP contribution in [0.2, 0.25) is 0 Å². The van der Waals surface area contributed by atoms with E-state index in [0.717, 1.165) is 36.7 Å². The summed E-state index contributed by atoms with van der Waals surface area (Å²) in [7, 11) is 1.30. The van der Waals surface area contributed by atoms with Crippen molar-refractivity contribution in [2.45, 2.75) is 64.6 Å². The molecule has 0 aromatic carbocycles. The number of likely N-dealkylation sites (tertiary alicyclic amines) is 1. The Labute approximate surface area is 160 Å². The van der Waals surface area contributed by atoms with E-state index in [9.17, 15) is 9.59 Å². The van der Waals surface area contributed by atoms with Crippen LogP contribution in [0.3, 0.4) is 0 Å². The molecule has 0 unspecified atom stereocenters. The lowest BCUT2D eigenvalue weighted by Gasteiger charge is -2.30. The number of imidazole rings is 1. The number of methoxy groups -OCH3 is 1. The highest BCUT2D eigenvalue weighted by Crippen LogP contribution is 2.44. The van der Waals surface area contributed by atoms with E-state index in [0.29, 0.717) is 13.0 Å². The van der Waals surface area contributed by atoms with Crippen molar-refractivity contribution >= 4 is 12.0 Å². The summed E-state index contributed by atoms with van der Waals surface area (Å²) in [5, 5.41) is 2.69. The van der Waals surface area contributed by atoms with E-state index < -0.39 is 12.1 Å². The van der Waals surface area contributed by atoms with Gasteiger partial charge in [0.2, 0.25) is 5.91 Å². The molecule has 8 heteroatoms. The van der Waals surface area contributed by atoms with Crippen LogP contribution in [0.1, 0.15) is 56.4 Å². The maximum Gasteiger partial charge on any atom is 0.407 e. The minimum Gasteiger partial charge on any atom is -0.453 e. The molecule has 0 saturated carbocycles. The van der Waals surface area contributed by atoms with Gasteiger partial charge in [-0.3, -0.25) is 4.79 Å². The van der Waals surface area contributed by atoms with Crippen LogP contribution in [0.4, 0.5) is 4.79 Å². The maximum absolute atomic E-state index is 13.4. The summed E-state index contributed by atoms with van der Waals surface area (Å²) in [5.41, 5.74) is 1.61. The number of amides is 2. The Kier molecular flexibility index (Phi) is 5.46. The van der Waals surface area contributed by atoms with Crippen molar-refractivity contribution in [2.75, 3.05) is 20.3 Å². The third-order valence-electron chi connectivity index (χ3n) is 5.72. The quantitative estimate of drug-likeness (QED) is 0.837. The monoisotopic (exact) mass is 378 g/mol. The second-order valence-corrected chi connectivity index (χ2v) is 8.01. The molecule has 0 aliphatic carbocycles. The van der Waals surface area contributed by atoms with Gasteiger partial charge in [-0.2, -0.15) is 0 Å². The number of alkyl carbamates (subject to hydrolysis) is 1. The molecule has 1 aromatic rings. The normalized spacial score (nSPS) is 26.0. The van der Waals surface area contributed by atoms with Gasteiger partial charge in [-0.25, -0.2) is 9.78 Å². The average molecular weight is 378 g/mol. The van der Waals surface area contributed by atoms with Crippen LogP contribution in [0, 0.1) is 19.8 Å². The predicted molar refractivity (Wildman–Crippen MR) is 99.2 cm³/mol. The van der Waals surface area contributed by atoms with Crippen LogP contribution in [0.15, 0.2) is 0 Å². The number of H-pyrrole nitrogens is 1. The van der Waals surface area contributed by atoms with Gasteiger partial charge in [0.25, 0.3) is 0 Å². The lowest BCUT2D eigenvalue weighted by atomic mass is 9.96. The molecule has 0 radical (unpaired) electrons. The summed E-state index contributed by atoms with van der Waals surface area (Å²) in [6, 6.07) is -0.850. The number of hydrogen-bond acceptors (Lipinski definition) is 5. The summed E-state index contributed by atoms with van der Waals surface area (Å²) < 4.78 is 10.8. The Balaban J connectivity index is 1.90. The third-order valence-corrected chi connectivity index (χ3v) is 5.72. The number of nitrogens with zero attached hydrogens (tertiary/aromatic N) is 2. The fraction of sp³-hybridized carbons (Fsp3) is 0.737. The Morgan fingerprint density at radius 3 is 2.67 bits per heavy atom. The van der Waals surface area contributed by atoms with Gasteiger partial charge in [-0.15, -0.1) is 0 Å². The van der Waals surface area contributed by atoms with Crippen molar-refractivity contribution in [2.24, 2.45) is 5.92 Å². The molecule has 1 spiro atoms. The van der Waals surface area contributed by atoms with Crippen LogP contribution in [-0.4, -0.2) is 58.8 Å². The van der Waals surface area contributed by atoms with Gasteiger partial charge in [0.15, 0.2) is 0 Å². The number of carbonyl (C=O) groups is 2. The molecule has 150 valence electrons. The van der Waals surface area contributed by atoms with Crippen LogP contribution in [-0.2, 0) is 14.3 Å². The lowest BCUT2D eigenvalue weighted by molar-refractivity contribution is -0.136. The van der Waals surface area contributed by atoms with Gasteiger partial charge in [-0.05, 0) is 32.6 Å². The first kappa shape index (κ1) is 19.7. The zero-order chi connectivity index (χ0) is 19.8. The van der Waals surface area contributed by atoms with Crippen molar-refractivity contribution in [3.63, 3.8) is 0 Å². The van der Waals surface area contributed by atoms with Crippen LogP contribution >= 0.6 is 0 Å². The topological polar surface area (TPSA) is 96.6 Å². The van der Waals surface area contributed by atoms with Gasteiger partial charge < -0.3 is 24.7 Å². The molecule has 2 saturated heterocycles. The van der Waals surface area contributed by atoms with E-state index in [4.69, 9.17) is 9.47 Å². The zero-order valence-electron chi connectivity index (χ0n) is 16.8. The molecule has 27 heavy (non-hydrogen) atoms. The lowest BCUT2D eigenvalue weighted by Crippen LogP contribution is -2.51. The number of carbonyl (C=O) groups excluding carboxylic acids is 2. The molecule has 2 aliphatic heterocycles. The van der Waals surface area contributed by atoms with Crippen molar-refractivity contribution in [3.05, 3.63) is 17.2 Å². The maximum atomic E-state index is 13.4. The summed E-state index contributed by atoms with van der Waals surface area (Å²) >= 11 is 0. The van der Waals surface area contributed by atoms with Crippen LogP contribution in [0.25, 0.3) is 0 Å². The Bertz CT molecular complexity index is 689. The highest BCUT2D eigenvalue weighted by molar-refractivity contribution is 5.86. The summed E-state index contributed by atoms with van der Waals surface area (Å²) in [5.74, 6) is 0.587.